The van der Waals surface area contributed by atoms with E-state index in [0.717, 1.165) is 30.3 Å². The standard InChI is InChI=1S/C22H15ClF4N2O3.C7H5FO2/c23-14-4-1-3-13(22(25,26)27)17(14)20(30)29-16-6-2-5-15(24)18(16)19(28-29)11-7-9-12(10-8-11)21(31)32;8-6-3-1-2-5(4-6)7(9)10/h1-7,12H,8-10H2,(H,31,32);1-4H,(H,9,10). The van der Waals surface area contributed by atoms with Crippen LogP contribution in [-0.4, -0.2) is 37.8 Å². The molecule has 0 aliphatic heterocycles. The molecule has 42 heavy (non-hydrogen) atoms. The number of carboxylic acid groups (broad SMARTS) is 2. The van der Waals surface area contributed by atoms with E-state index in [2.05, 4.69) is 5.10 Å². The number of nitrogens with zero attached hydrogens (tertiary/aromatic N) is 2. The molecule has 7 nitrogen and oxygen atoms in total. The number of benzene rings is 3. The quantitative estimate of drug-likeness (QED) is 0.236. The third kappa shape index (κ3) is 6.33. The second kappa shape index (κ2) is 12.1. The van der Waals surface area contributed by atoms with Gasteiger partial charge in [0.1, 0.15) is 11.6 Å². The molecule has 1 atom stereocenters. The third-order valence-corrected chi connectivity index (χ3v) is 6.83. The molecule has 4 aromatic rings. The van der Waals surface area contributed by atoms with Crippen LogP contribution in [0.5, 0.6) is 0 Å². The van der Waals surface area contributed by atoms with E-state index in [-0.39, 0.29) is 35.0 Å². The van der Waals surface area contributed by atoms with Gasteiger partial charge in [0.2, 0.25) is 0 Å². The van der Waals surface area contributed by atoms with Gasteiger partial charge in [-0.05, 0) is 67.3 Å². The molecule has 0 saturated carbocycles. The van der Waals surface area contributed by atoms with Crippen LogP contribution in [0.1, 0.15) is 51.2 Å². The SMILES string of the molecule is O=C(O)C1CC=C(c2nn(C(=O)c3c(Cl)cccc3C(F)(F)F)c3cccc(F)c23)CC1.O=C(O)c1cccc(F)c1. The average Bonchev–Trinajstić information content (AvgIpc) is 3.33. The van der Waals surface area contributed by atoms with Crippen LogP contribution >= 0.6 is 11.6 Å². The van der Waals surface area contributed by atoms with Gasteiger partial charge in [-0.1, -0.05) is 35.9 Å². The largest absolute Gasteiger partial charge is 0.481 e. The number of rotatable bonds is 4. The predicted octanol–water partition coefficient (Wildman–Crippen LogP) is 7.33. The summed E-state index contributed by atoms with van der Waals surface area (Å²) in [6.07, 6.45) is -2.47. The fourth-order valence-corrected chi connectivity index (χ4v) is 4.74. The van der Waals surface area contributed by atoms with Crippen LogP contribution in [0.15, 0.2) is 66.7 Å². The lowest BCUT2D eigenvalue weighted by Gasteiger charge is -2.17. The summed E-state index contributed by atoms with van der Waals surface area (Å²) in [5.74, 6) is -5.02. The number of carbonyl (C=O) groups excluding carboxylic acids is 1. The van der Waals surface area contributed by atoms with Gasteiger partial charge in [0.05, 0.1) is 44.2 Å². The zero-order valence-electron chi connectivity index (χ0n) is 21.3. The van der Waals surface area contributed by atoms with Crippen molar-refractivity contribution in [3.8, 4) is 0 Å². The van der Waals surface area contributed by atoms with Crippen molar-refractivity contribution in [3.05, 3.63) is 106 Å². The van der Waals surface area contributed by atoms with Crippen LogP contribution in [0, 0.1) is 17.6 Å². The molecule has 0 amide bonds. The van der Waals surface area contributed by atoms with Gasteiger partial charge in [0, 0.05) is 0 Å². The summed E-state index contributed by atoms with van der Waals surface area (Å²) in [6.45, 7) is 0. The van der Waals surface area contributed by atoms with Gasteiger partial charge in [-0.3, -0.25) is 9.59 Å². The second-order valence-electron chi connectivity index (χ2n) is 9.21. The van der Waals surface area contributed by atoms with E-state index in [9.17, 15) is 41.4 Å². The lowest BCUT2D eigenvalue weighted by atomic mass is 9.88. The van der Waals surface area contributed by atoms with E-state index in [1.807, 2.05) is 0 Å². The van der Waals surface area contributed by atoms with Crippen molar-refractivity contribution in [2.45, 2.75) is 25.4 Å². The first kappa shape index (κ1) is 30.4. The van der Waals surface area contributed by atoms with E-state index in [1.54, 1.807) is 6.08 Å². The van der Waals surface area contributed by atoms with E-state index >= 15 is 0 Å². The first-order chi connectivity index (χ1) is 19.8. The molecule has 1 heterocycles. The summed E-state index contributed by atoms with van der Waals surface area (Å²) in [6, 6.07) is 11.7. The van der Waals surface area contributed by atoms with Gasteiger partial charge in [0.15, 0.2) is 0 Å². The minimum Gasteiger partial charge on any atom is -0.481 e. The average molecular weight is 607 g/mol. The third-order valence-electron chi connectivity index (χ3n) is 6.52. The maximum atomic E-state index is 14.7. The first-order valence-electron chi connectivity index (χ1n) is 12.3. The second-order valence-corrected chi connectivity index (χ2v) is 9.62. The first-order valence-corrected chi connectivity index (χ1v) is 12.7. The molecule has 1 aromatic heterocycles. The van der Waals surface area contributed by atoms with Gasteiger partial charge >= 0.3 is 18.1 Å². The summed E-state index contributed by atoms with van der Waals surface area (Å²) in [4.78, 5) is 34.6. The summed E-state index contributed by atoms with van der Waals surface area (Å²) < 4.78 is 68.3. The van der Waals surface area contributed by atoms with Gasteiger partial charge < -0.3 is 10.2 Å². The Bertz CT molecular complexity index is 1730. The number of fused-ring (bicyclic) bond motifs is 1. The molecule has 1 aliphatic carbocycles. The minimum absolute atomic E-state index is 0.0145. The van der Waals surface area contributed by atoms with Crippen molar-refractivity contribution >= 4 is 45.9 Å². The van der Waals surface area contributed by atoms with Crippen molar-refractivity contribution in [1.29, 1.82) is 0 Å². The van der Waals surface area contributed by atoms with Gasteiger partial charge in [0.25, 0.3) is 5.91 Å². The predicted molar refractivity (Wildman–Crippen MR) is 142 cm³/mol. The number of aromatic nitrogens is 2. The Kier molecular flexibility index (Phi) is 8.76. The fourth-order valence-electron chi connectivity index (χ4n) is 4.49. The zero-order valence-corrected chi connectivity index (χ0v) is 22.1. The van der Waals surface area contributed by atoms with Crippen LogP contribution < -0.4 is 0 Å². The highest BCUT2D eigenvalue weighted by atomic mass is 35.5. The summed E-state index contributed by atoms with van der Waals surface area (Å²) in [7, 11) is 0. The van der Waals surface area contributed by atoms with Crippen LogP contribution in [0.25, 0.3) is 16.5 Å². The Hall–Kier alpha value is -4.58. The molecular weight excluding hydrogens is 587 g/mol. The topological polar surface area (TPSA) is 109 Å². The normalized spacial score (nSPS) is 15.0. The molecule has 13 heteroatoms. The fraction of sp³-hybridized carbons (Fsp3) is 0.172. The van der Waals surface area contributed by atoms with Crippen molar-refractivity contribution in [2.24, 2.45) is 5.92 Å². The summed E-state index contributed by atoms with van der Waals surface area (Å²) in [5, 5.41) is 21.2. The number of halogens is 6. The number of allylic oxidation sites excluding steroid dienone is 2. The maximum Gasteiger partial charge on any atom is 0.417 e. The van der Waals surface area contributed by atoms with Gasteiger partial charge in [-0.25, -0.2) is 13.6 Å². The van der Waals surface area contributed by atoms with E-state index in [0.29, 0.717) is 16.7 Å². The molecule has 2 N–H and O–H groups in total. The van der Waals surface area contributed by atoms with Crippen molar-refractivity contribution in [3.63, 3.8) is 0 Å². The number of aliphatic carboxylic acids is 1. The molecule has 1 unspecified atom stereocenters. The van der Waals surface area contributed by atoms with E-state index < -0.39 is 57.7 Å². The highest BCUT2D eigenvalue weighted by Crippen LogP contribution is 2.38. The number of alkyl halides is 3. The summed E-state index contributed by atoms with van der Waals surface area (Å²) >= 11 is 5.96. The Balaban J connectivity index is 0.000000343. The molecule has 0 spiro atoms. The van der Waals surface area contributed by atoms with Crippen LogP contribution in [-0.2, 0) is 11.0 Å². The van der Waals surface area contributed by atoms with Crippen molar-refractivity contribution < 1.29 is 46.5 Å². The number of carboxylic acids is 2. The molecular formula is C29H20ClF5N2O5. The molecule has 0 saturated heterocycles. The number of carbonyl (C=O) groups is 3. The van der Waals surface area contributed by atoms with Crippen LogP contribution in [0.3, 0.4) is 0 Å². The smallest absolute Gasteiger partial charge is 0.417 e. The monoisotopic (exact) mass is 606 g/mol. The van der Waals surface area contributed by atoms with E-state index in [4.69, 9.17) is 16.7 Å². The Morgan fingerprint density at radius 3 is 2.24 bits per heavy atom. The number of hydrogen-bond donors (Lipinski definition) is 2. The lowest BCUT2D eigenvalue weighted by Crippen LogP contribution is -2.20. The molecule has 218 valence electrons. The Labute approximate surface area is 239 Å². The van der Waals surface area contributed by atoms with Crippen LogP contribution in [0.4, 0.5) is 22.0 Å². The van der Waals surface area contributed by atoms with Crippen molar-refractivity contribution in [2.75, 3.05) is 0 Å². The molecule has 0 bridgehead atoms. The van der Waals surface area contributed by atoms with Gasteiger partial charge in [-0.15, -0.1) is 0 Å². The van der Waals surface area contributed by atoms with Gasteiger partial charge in [-0.2, -0.15) is 23.0 Å². The van der Waals surface area contributed by atoms with Crippen LogP contribution in [0.2, 0.25) is 5.02 Å². The number of hydrogen-bond acceptors (Lipinski definition) is 4. The highest BCUT2D eigenvalue weighted by Gasteiger charge is 2.37. The minimum atomic E-state index is -4.84. The molecule has 3 aromatic carbocycles. The maximum absolute atomic E-state index is 14.7. The van der Waals surface area contributed by atoms with E-state index in [1.165, 1.54) is 30.3 Å². The molecule has 0 radical (unpaired) electrons. The lowest BCUT2D eigenvalue weighted by molar-refractivity contribution is -0.142. The Morgan fingerprint density at radius 1 is 0.976 bits per heavy atom. The highest BCUT2D eigenvalue weighted by molar-refractivity contribution is 6.34. The van der Waals surface area contributed by atoms with Crippen molar-refractivity contribution in [1.82, 2.24) is 9.78 Å². The Morgan fingerprint density at radius 2 is 1.67 bits per heavy atom. The summed E-state index contributed by atoms with van der Waals surface area (Å²) in [5.41, 5.74) is -1.43. The zero-order chi connectivity index (χ0) is 30.8. The molecule has 0 fully saturated rings. The molecule has 5 rings (SSSR count). The number of aromatic carboxylic acids is 1. The molecule has 1 aliphatic rings.